The fourth-order valence-corrected chi connectivity index (χ4v) is 3.53. The van der Waals surface area contributed by atoms with Crippen LogP contribution in [0.5, 0.6) is 0 Å². The zero-order chi connectivity index (χ0) is 13.5. The van der Waals surface area contributed by atoms with Crippen LogP contribution in [0.1, 0.15) is 47.8 Å². The van der Waals surface area contributed by atoms with E-state index in [2.05, 4.69) is 32.6 Å². The van der Waals surface area contributed by atoms with Gasteiger partial charge in [0.05, 0.1) is 12.1 Å². The number of hydrogen-bond acceptors (Lipinski definition) is 6. The molecular weight excluding hydrogens is 274 g/mol. The van der Waals surface area contributed by atoms with E-state index >= 15 is 0 Å². The maximum absolute atomic E-state index is 9.96. The molecule has 2 fully saturated rings. The van der Waals surface area contributed by atoms with Crippen LogP contribution >= 0.6 is 11.3 Å². The van der Waals surface area contributed by atoms with Crippen molar-refractivity contribution in [1.29, 1.82) is 0 Å². The first-order valence-corrected chi connectivity index (χ1v) is 7.95. The van der Waals surface area contributed by atoms with Gasteiger partial charge in [-0.25, -0.2) is 0 Å². The third kappa shape index (κ3) is 2.39. The van der Waals surface area contributed by atoms with Crippen LogP contribution in [0.2, 0.25) is 0 Å². The maximum atomic E-state index is 9.96. The van der Waals surface area contributed by atoms with Gasteiger partial charge < -0.3 is 9.63 Å². The highest BCUT2D eigenvalue weighted by atomic mass is 32.1. The Morgan fingerprint density at radius 3 is 3.10 bits per heavy atom. The van der Waals surface area contributed by atoms with Gasteiger partial charge in [-0.1, -0.05) is 11.2 Å². The minimum absolute atomic E-state index is 0.0482. The second-order valence-corrected chi connectivity index (χ2v) is 6.71. The molecule has 0 amide bonds. The maximum Gasteiger partial charge on any atom is 0.244 e. The van der Waals surface area contributed by atoms with Gasteiger partial charge in [-0.2, -0.15) is 4.98 Å². The molecule has 1 N–H and O–H groups in total. The Kier molecular flexibility index (Phi) is 3.09. The number of likely N-dealkylation sites (tertiary alicyclic amines) is 1. The van der Waals surface area contributed by atoms with Crippen LogP contribution in [0.3, 0.4) is 0 Å². The molecular formula is C14H17N3O2S. The van der Waals surface area contributed by atoms with Crippen molar-refractivity contribution >= 4 is 11.3 Å². The van der Waals surface area contributed by atoms with E-state index in [1.165, 1.54) is 17.7 Å². The summed E-state index contributed by atoms with van der Waals surface area (Å²) in [5.41, 5.74) is 0. The van der Waals surface area contributed by atoms with E-state index in [9.17, 15) is 5.11 Å². The first-order chi connectivity index (χ1) is 9.79. The van der Waals surface area contributed by atoms with E-state index in [-0.39, 0.29) is 12.1 Å². The van der Waals surface area contributed by atoms with Gasteiger partial charge >= 0.3 is 0 Å². The van der Waals surface area contributed by atoms with Crippen molar-refractivity contribution in [2.45, 2.75) is 43.9 Å². The van der Waals surface area contributed by atoms with Crippen LogP contribution < -0.4 is 0 Å². The van der Waals surface area contributed by atoms with Crippen molar-refractivity contribution < 1.29 is 9.63 Å². The lowest BCUT2D eigenvalue weighted by Gasteiger charge is -2.20. The molecule has 4 rings (SSSR count). The molecule has 106 valence electrons. The molecule has 1 saturated carbocycles. The summed E-state index contributed by atoms with van der Waals surface area (Å²) in [6.07, 6.45) is 2.71. The number of nitrogens with zero attached hydrogens (tertiary/aromatic N) is 3. The Bertz CT molecular complexity index is 579. The van der Waals surface area contributed by atoms with Gasteiger partial charge in [0.15, 0.2) is 5.82 Å². The number of aliphatic hydroxyl groups is 1. The average Bonchev–Trinajstić information content (AvgIpc) is 2.87. The molecule has 2 aliphatic rings. The van der Waals surface area contributed by atoms with Crippen LogP contribution in [0.4, 0.5) is 0 Å². The topological polar surface area (TPSA) is 62.4 Å². The predicted molar refractivity (Wildman–Crippen MR) is 74.4 cm³/mol. The third-order valence-corrected chi connectivity index (χ3v) is 4.87. The summed E-state index contributed by atoms with van der Waals surface area (Å²) in [5.74, 6) is 2.02. The summed E-state index contributed by atoms with van der Waals surface area (Å²) < 4.78 is 5.44. The summed E-state index contributed by atoms with van der Waals surface area (Å²) >= 11 is 1.74. The molecule has 2 aromatic heterocycles. The quantitative estimate of drug-likeness (QED) is 0.936. The second-order valence-electron chi connectivity index (χ2n) is 5.68. The van der Waals surface area contributed by atoms with E-state index in [0.29, 0.717) is 24.8 Å². The highest BCUT2D eigenvalue weighted by molar-refractivity contribution is 7.09. The molecule has 2 aromatic rings. The van der Waals surface area contributed by atoms with Gasteiger partial charge in [-0.05, 0) is 30.7 Å². The standard InChI is InChI=1S/C14H17N3O2S/c18-10-6-12(14-15-13(16-19-14)9-3-4-9)17(7-10)8-11-2-1-5-20-11/h1-2,5,9-10,12,18H,3-4,6-8H2. The second kappa shape index (κ2) is 4.95. The van der Waals surface area contributed by atoms with Crippen LogP contribution in [0.25, 0.3) is 0 Å². The first-order valence-electron chi connectivity index (χ1n) is 7.07. The Hall–Kier alpha value is -1.24. The van der Waals surface area contributed by atoms with E-state index in [1.54, 1.807) is 11.3 Å². The van der Waals surface area contributed by atoms with Crippen molar-refractivity contribution in [3.8, 4) is 0 Å². The number of aliphatic hydroxyl groups excluding tert-OH is 1. The molecule has 1 aliphatic heterocycles. The monoisotopic (exact) mass is 291 g/mol. The summed E-state index contributed by atoms with van der Waals surface area (Å²) in [4.78, 5) is 8.08. The number of rotatable bonds is 4. The lowest BCUT2D eigenvalue weighted by Crippen LogP contribution is -2.24. The Morgan fingerprint density at radius 2 is 2.35 bits per heavy atom. The molecule has 20 heavy (non-hydrogen) atoms. The number of β-amino-alcohol motifs (C(OH)–C–C–N with tert-alkyl or cyclic N) is 1. The highest BCUT2D eigenvalue weighted by Gasteiger charge is 2.37. The predicted octanol–water partition coefficient (Wildman–Crippen LogP) is 2.32. The molecule has 6 heteroatoms. The number of thiophene rings is 1. The van der Waals surface area contributed by atoms with Crippen molar-refractivity contribution in [1.82, 2.24) is 15.0 Å². The summed E-state index contributed by atoms with van der Waals surface area (Å²) in [6, 6.07) is 4.22. The summed E-state index contributed by atoms with van der Waals surface area (Å²) in [7, 11) is 0. The van der Waals surface area contributed by atoms with Crippen molar-refractivity contribution in [2.24, 2.45) is 0 Å². The van der Waals surface area contributed by atoms with Crippen LogP contribution in [0.15, 0.2) is 22.0 Å². The largest absolute Gasteiger partial charge is 0.392 e. The van der Waals surface area contributed by atoms with E-state index < -0.39 is 0 Å². The molecule has 0 radical (unpaired) electrons. The van der Waals surface area contributed by atoms with Crippen LogP contribution in [-0.2, 0) is 6.54 Å². The van der Waals surface area contributed by atoms with Gasteiger partial charge in [0.2, 0.25) is 5.89 Å². The first kappa shape index (κ1) is 12.5. The van der Waals surface area contributed by atoms with Gasteiger partial charge in [0.1, 0.15) is 0 Å². The SMILES string of the molecule is OC1CC(c2nc(C3CC3)no2)N(Cc2cccs2)C1. The summed E-state index contributed by atoms with van der Waals surface area (Å²) in [6.45, 7) is 1.50. The lowest BCUT2D eigenvalue weighted by atomic mass is 10.2. The molecule has 5 nitrogen and oxygen atoms in total. The zero-order valence-electron chi connectivity index (χ0n) is 11.1. The Balaban J connectivity index is 1.54. The Morgan fingerprint density at radius 1 is 1.45 bits per heavy atom. The molecule has 0 bridgehead atoms. The fourth-order valence-electron chi connectivity index (χ4n) is 2.80. The van der Waals surface area contributed by atoms with Crippen molar-refractivity contribution in [3.63, 3.8) is 0 Å². The smallest absolute Gasteiger partial charge is 0.244 e. The average molecular weight is 291 g/mol. The Labute approximate surface area is 121 Å². The van der Waals surface area contributed by atoms with Gasteiger partial charge in [-0.15, -0.1) is 11.3 Å². The van der Waals surface area contributed by atoms with Crippen LogP contribution in [0, 0.1) is 0 Å². The van der Waals surface area contributed by atoms with Crippen molar-refractivity contribution in [3.05, 3.63) is 34.1 Å². The molecule has 2 atom stereocenters. The van der Waals surface area contributed by atoms with E-state index in [1.807, 2.05) is 0 Å². The van der Waals surface area contributed by atoms with Gasteiger partial charge in [-0.3, -0.25) is 4.90 Å². The summed E-state index contributed by atoms with van der Waals surface area (Å²) in [5, 5.41) is 16.1. The lowest BCUT2D eigenvalue weighted by molar-refractivity contribution is 0.170. The molecule has 0 spiro atoms. The third-order valence-electron chi connectivity index (χ3n) is 4.01. The highest BCUT2D eigenvalue weighted by Crippen LogP contribution is 2.40. The number of hydrogen-bond donors (Lipinski definition) is 1. The zero-order valence-corrected chi connectivity index (χ0v) is 11.9. The van der Waals surface area contributed by atoms with Crippen LogP contribution in [-0.4, -0.2) is 32.8 Å². The van der Waals surface area contributed by atoms with Crippen molar-refractivity contribution in [2.75, 3.05) is 6.54 Å². The molecule has 2 unspecified atom stereocenters. The molecule has 1 saturated heterocycles. The number of aromatic nitrogens is 2. The molecule has 3 heterocycles. The minimum Gasteiger partial charge on any atom is -0.392 e. The molecule has 0 aromatic carbocycles. The van der Waals surface area contributed by atoms with E-state index in [4.69, 9.17) is 4.52 Å². The van der Waals surface area contributed by atoms with Gasteiger partial charge in [0, 0.05) is 23.9 Å². The minimum atomic E-state index is -0.309. The van der Waals surface area contributed by atoms with Gasteiger partial charge in [0.25, 0.3) is 0 Å². The normalized spacial score (nSPS) is 27.2. The fraction of sp³-hybridized carbons (Fsp3) is 0.571. The van der Waals surface area contributed by atoms with E-state index in [0.717, 1.165) is 12.4 Å². The molecule has 1 aliphatic carbocycles.